The van der Waals surface area contributed by atoms with Gasteiger partial charge in [0.05, 0.1) is 5.60 Å². The van der Waals surface area contributed by atoms with Crippen LogP contribution in [0.5, 0.6) is 0 Å². The molecule has 0 spiro atoms. The van der Waals surface area contributed by atoms with Crippen LogP contribution in [0.15, 0.2) is 17.0 Å². The fourth-order valence-electron chi connectivity index (χ4n) is 2.49. The van der Waals surface area contributed by atoms with Crippen molar-refractivity contribution in [2.75, 3.05) is 6.26 Å². The molecule has 0 saturated heterocycles. The monoisotopic (exact) mass is 240 g/mol. The van der Waals surface area contributed by atoms with Crippen LogP contribution in [-0.4, -0.2) is 11.4 Å². The summed E-state index contributed by atoms with van der Waals surface area (Å²) in [7, 11) is 0. The molecule has 0 aromatic heterocycles. The zero-order valence-electron chi connectivity index (χ0n) is 9.72. The van der Waals surface area contributed by atoms with Crippen molar-refractivity contribution in [1.82, 2.24) is 0 Å². The van der Waals surface area contributed by atoms with Crippen LogP contribution in [0.4, 0.5) is 4.39 Å². The molecule has 3 heteroatoms. The van der Waals surface area contributed by atoms with Crippen molar-refractivity contribution in [3.05, 3.63) is 29.1 Å². The van der Waals surface area contributed by atoms with Gasteiger partial charge in [-0.05, 0) is 31.6 Å². The maximum Gasteiger partial charge on any atom is 0.143 e. The van der Waals surface area contributed by atoms with Gasteiger partial charge in [-0.1, -0.05) is 25.0 Å². The van der Waals surface area contributed by atoms with Gasteiger partial charge in [-0.25, -0.2) is 4.39 Å². The predicted octanol–water partition coefficient (Wildman–Crippen LogP) is 3.62. The van der Waals surface area contributed by atoms with Gasteiger partial charge in [-0.2, -0.15) is 0 Å². The quantitative estimate of drug-likeness (QED) is 0.797. The highest BCUT2D eigenvalue weighted by Crippen LogP contribution is 2.41. The summed E-state index contributed by atoms with van der Waals surface area (Å²) in [5.74, 6) is -0.225. The van der Waals surface area contributed by atoms with Crippen LogP contribution >= 0.6 is 11.8 Å². The fourth-order valence-corrected chi connectivity index (χ4v) is 3.17. The topological polar surface area (TPSA) is 20.2 Å². The number of aliphatic hydroxyl groups is 1. The molecule has 1 N–H and O–H groups in total. The first-order chi connectivity index (χ1) is 7.58. The minimum atomic E-state index is -0.928. The molecule has 1 aliphatic carbocycles. The highest BCUT2D eigenvalue weighted by molar-refractivity contribution is 7.98. The second kappa shape index (κ2) is 4.38. The van der Waals surface area contributed by atoms with Crippen molar-refractivity contribution < 1.29 is 9.50 Å². The van der Waals surface area contributed by atoms with Crippen molar-refractivity contribution in [3.63, 3.8) is 0 Å². The van der Waals surface area contributed by atoms with Crippen molar-refractivity contribution in [3.8, 4) is 0 Å². The molecular formula is C13H17FOS. The third kappa shape index (κ3) is 1.87. The molecule has 1 aromatic carbocycles. The normalized spacial score (nSPS) is 19.0. The fraction of sp³-hybridized carbons (Fsp3) is 0.538. The Bertz CT molecular complexity index is 397. The molecule has 0 heterocycles. The number of halogens is 1. The largest absolute Gasteiger partial charge is 0.385 e. The van der Waals surface area contributed by atoms with Crippen LogP contribution in [-0.2, 0) is 5.60 Å². The highest BCUT2D eigenvalue weighted by Gasteiger charge is 2.36. The first-order valence-electron chi connectivity index (χ1n) is 5.64. The Kier molecular flexibility index (Phi) is 3.27. The second-order valence-corrected chi connectivity index (χ2v) is 5.33. The average molecular weight is 240 g/mol. The lowest BCUT2D eigenvalue weighted by atomic mass is 9.91. The molecule has 0 unspecified atom stereocenters. The Morgan fingerprint density at radius 3 is 2.50 bits per heavy atom. The molecule has 0 bridgehead atoms. The molecule has 1 aliphatic rings. The van der Waals surface area contributed by atoms with E-state index < -0.39 is 5.60 Å². The van der Waals surface area contributed by atoms with Crippen LogP contribution < -0.4 is 0 Å². The third-order valence-corrected chi connectivity index (χ3v) is 4.34. The lowest BCUT2D eigenvalue weighted by Crippen LogP contribution is -2.23. The van der Waals surface area contributed by atoms with Gasteiger partial charge in [0.2, 0.25) is 0 Å². The zero-order valence-corrected chi connectivity index (χ0v) is 10.5. The number of thioether (sulfide) groups is 1. The van der Waals surface area contributed by atoms with Gasteiger partial charge in [0, 0.05) is 10.5 Å². The summed E-state index contributed by atoms with van der Waals surface area (Å²) in [6.45, 7) is 1.90. The van der Waals surface area contributed by atoms with Crippen molar-refractivity contribution >= 4 is 11.8 Å². The first-order valence-corrected chi connectivity index (χ1v) is 6.87. The highest BCUT2D eigenvalue weighted by atomic mass is 32.2. The van der Waals surface area contributed by atoms with E-state index >= 15 is 0 Å². The van der Waals surface area contributed by atoms with Crippen molar-refractivity contribution in [1.29, 1.82) is 0 Å². The van der Waals surface area contributed by atoms with Gasteiger partial charge < -0.3 is 5.11 Å². The van der Waals surface area contributed by atoms with Crippen LogP contribution in [0.1, 0.15) is 36.8 Å². The smallest absolute Gasteiger partial charge is 0.143 e. The number of hydrogen-bond acceptors (Lipinski definition) is 2. The van der Waals surface area contributed by atoms with E-state index in [1.807, 2.05) is 19.2 Å². The summed E-state index contributed by atoms with van der Waals surface area (Å²) in [6.07, 6.45) is 5.20. The molecule has 88 valence electrons. The molecule has 1 nitrogen and oxygen atoms in total. The van der Waals surface area contributed by atoms with Crippen molar-refractivity contribution in [2.45, 2.75) is 43.1 Å². The van der Waals surface area contributed by atoms with E-state index in [2.05, 4.69) is 0 Å². The summed E-state index contributed by atoms with van der Waals surface area (Å²) >= 11 is 1.41. The molecule has 1 aromatic rings. The standard InChI is InChI=1S/C13H17FOS/c1-9-5-6-10(11(14)12(9)16-2)13(15)7-3-4-8-13/h5-6,15H,3-4,7-8H2,1-2H3. The predicted molar refractivity (Wildman–Crippen MR) is 65.3 cm³/mol. The van der Waals surface area contributed by atoms with Crippen LogP contribution in [0.3, 0.4) is 0 Å². The first kappa shape index (κ1) is 11.9. The molecule has 1 fully saturated rings. The van der Waals surface area contributed by atoms with E-state index in [-0.39, 0.29) is 5.82 Å². The average Bonchev–Trinajstić information content (AvgIpc) is 2.66. The van der Waals surface area contributed by atoms with E-state index in [9.17, 15) is 9.50 Å². The Labute approximate surface area is 100 Å². The number of benzene rings is 1. The molecule has 0 aliphatic heterocycles. The van der Waals surface area contributed by atoms with Gasteiger partial charge >= 0.3 is 0 Å². The van der Waals surface area contributed by atoms with E-state index in [1.165, 1.54) is 11.8 Å². The number of hydrogen-bond donors (Lipinski definition) is 1. The van der Waals surface area contributed by atoms with E-state index in [0.29, 0.717) is 23.3 Å². The summed E-state index contributed by atoms with van der Waals surface area (Å²) < 4.78 is 14.2. The van der Waals surface area contributed by atoms with Gasteiger partial charge in [-0.15, -0.1) is 11.8 Å². The van der Waals surface area contributed by atoms with Crippen LogP contribution in [0, 0.1) is 12.7 Å². The van der Waals surface area contributed by atoms with Crippen LogP contribution in [0.25, 0.3) is 0 Å². The van der Waals surface area contributed by atoms with E-state index in [1.54, 1.807) is 6.07 Å². The van der Waals surface area contributed by atoms with Gasteiger partial charge in [0.25, 0.3) is 0 Å². The second-order valence-electron chi connectivity index (χ2n) is 4.52. The maximum absolute atomic E-state index is 14.2. The molecule has 0 radical (unpaired) electrons. The molecular weight excluding hydrogens is 223 g/mol. The third-order valence-electron chi connectivity index (χ3n) is 3.43. The Hall–Kier alpha value is -0.540. The minimum absolute atomic E-state index is 0.225. The van der Waals surface area contributed by atoms with Gasteiger partial charge in [0.15, 0.2) is 0 Å². The van der Waals surface area contributed by atoms with Gasteiger partial charge in [-0.3, -0.25) is 0 Å². The summed E-state index contributed by atoms with van der Waals surface area (Å²) in [5, 5.41) is 10.4. The van der Waals surface area contributed by atoms with Crippen LogP contribution in [0.2, 0.25) is 0 Å². The SMILES string of the molecule is CSc1c(C)ccc(C2(O)CCCC2)c1F. The molecule has 16 heavy (non-hydrogen) atoms. The molecule has 2 rings (SSSR count). The Balaban J connectivity index is 2.49. The zero-order chi connectivity index (χ0) is 11.8. The maximum atomic E-state index is 14.2. The number of rotatable bonds is 2. The minimum Gasteiger partial charge on any atom is -0.385 e. The lowest BCUT2D eigenvalue weighted by molar-refractivity contribution is 0.0402. The molecule has 0 atom stereocenters. The van der Waals surface area contributed by atoms with Crippen molar-refractivity contribution in [2.24, 2.45) is 0 Å². The Morgan fingerprint density at radius 2 is 1.94 bits per heavy atom. The molecule has 0 amide bonds. The van der Waals surface area contributed by atoms with Gasteiger partial charge in [0.1, 0.15) is 5.82 Å². The molecule has 1 saturated carbocycles. The van der Waals surface area contributed by atoms with E-state index in [0.717, 1.165) is 18.4 Å². The summed E-state index contributed by atoms with van der Waals surface area (Å²) in [4.78, 5) is 0.665. The lowest BCUT2D eigenvalue weighted by Gasteiger charge is -2.24. The van der Waals surface area contributed by atoms with E-state index in [4.69, 9.17) is 0 Å². The summed E-state index contributed by atoms with van der Waals surface area (Å²) in [6, 6.07) is 3.65. The Morgan fingerprint density at radius 1 is 1.31 bits per heavy atom. The summed E-state index contributed by atoms with van der Waals surface area (Å²) in [5.41, 5.74) is 0.498. The number of aryl methyl sites for hydroxylation is 1.